The lowest BCUT2D eigenvalue weighted by molar-refractivity contribution is -0.126. The maximum atomic E-state index is 12.1. The molecule has 1 amide bonds. The zero-order chi connectivity index (χ0) is 13.2. The molecular formula is C15H18N2O. The fourth-order valence-corrected chi connectivity index (χ4v) is 2.36. The lowest BCUT2D eigenvalue weighted by atomic mass is 9.83. The van der Waals surface area contributed by atoms with Crippen LogP contribution in [0, 0.1) is 17.2 Å². The van der Waals surface area contributed by atoms with E-state index in [1.165, 1.54) is 11.1 Å². The normalized spacial score (nSPS) is 18.6. The van der Waals surface area contributed by atoms with Crippen LogP contribution >= 0.6 is 0 Å². The number of nitriles is 1. The van der Waals surface area contributed by atoms with E-state index in [2.05, 4.69) is 23.5 Å². The van der Waals surface area contributed by atoms with Gasteiger partial charge in [0.2, 0.25) is 5.91 Å². The van der Waals surface area contributed by atoms with Crippen molar-refractivity contribution in [1.82, 2.24) is 5.32 Å². The third kappa shape index (κ3) is 2.70. The minimum atomic E-state index is -0.784. The van der Waals surface area contributed by atoms with Crippen LogP contribution in [0.1, 0.15) is 31.4 Å². The first kappa shape index (κ1) is 12.6. The maximum absolute atomic E-state index is 12.1. The summed E-state index contributed by atoms with van der Waals surface area (Å²) in [5.74, 6) is -0.0106. The van der Waals surface area contributed by atoms with Crippen LogP contribution in [0.15, 0.2) is 24.3 Å². The summed E-state index contributed by atoms with van der Waals surface area (Å²) in [5.41, 5.74) is 1.83. The summed E-state index contributed by atoms with van der Waals surface area (Å²) in [6.45, 7) is 3.45. The Hall–Kier alpha value is -1.82. The van der Waals surface area contributed by atoms with E-state index in [1.54, 1.807) is 13.8 Å². The molecule has 0 saturated carbocycles. The molecular weight excluding hydrogens is 224 g/mol. The Morgan fingerprint density at radius 1 is 1.39 bits per heavy atom. The number of aryl methyl sites for hydroxylation is 1. The molecule has 0 spiro atoms. The molecule has 1 aliphatic carbocycles. The van der Waals surface area contributed by atoms with E-state index in [9.17, 15) is 4.79 Å². The fourth-order valence-electron chi connectivity index (χ4n) is 2.36. The Morgan fingerprint density at radius 3 is 2.72 bits per heavy atom. The van der Waals surface area contributed by atoms with Crippen LogP contribution in [0.4, 0.5) is 0 Å². The average molecular weight is 242 g/mol. The van der Waals surface area contributed by atoms with Crippen LogP contribution in [-0.2, 0) is 17.6 Å². The molecule has 18 heavy (non-hydrogen) atoms. The van der Waals surface area contributed by atoms with Crippen molar-refractivity contribution in [2.75, 3.05) is 0 Å². The molecule has 0 aromatic heterocycles. The van der Waals surface area contributed by atoms with E-state index in [0.717, 1.165) is 19.3 Å². The fraction of sp³-hybridized carbons (Fsp3) is 0.467. The van der Waals surface area contributed by atoms with Gasteiger partial charge in [-0.25, -0.2) is 0 Å². The Bertz CT molecular complexity index is 499. The first-order valence-electron chi connectivity index (χ1n) is 6.32. The highest BCUT2D eigenvalue weighted by molar-refractivity contribution is 5.80. The highest BCUT2D eigenvalue weighted by atomic mass is 16.2. The van der Waals surface area contributed by atoms with Crippen LogP contribution in [0.2, 0.25) is 0 Å². The zero-order valence-corrected chi connectivity index (χ0v) is 10.9. The van der Waals surface area contributed by atoms with Crippen molar-refractivity contribution >= 4 is 5.91 Å². The Kier molecular flexibility index (Phi) is 3.38. The second-order valence-electron chi connectivity index (χ2n) is 5.43. The number of hydrogen-bond donors (Lipinski definition) is 1. The van der Waals surface area contributed by atoms with Crippen LogP contribution in [0.25, 0.3) is 0 Å². The first-order chi connectivity index (χ1) is 8.52. The summed E-state index contributed by atoms with van der Waals surface area (Å²) in [6.07, 6.45) is 2.59. The van der Waals surface area contributed by atoms with E-state index in [1.807, 2.05) is 12.1 Å². The molecule has 2 rings (SSSR count). The van der Waals surface area contributed by atoms with E-state index < -0.39 is 5.54 Å². The van der Waals surface area contributed by atoms with Gasteiger partial charge in [0.05, 0.1) is 6.07 Å². The van der Waals surface area contributed by atoms with Gasteiger partial charge in [-0.05, 0) is 44.2 Å². The van der Waals surface area contributed by atoms with Crippen LogP contribution in [-0.4, -0.2) is 11.4 Å². The minimum Gasteiger partial charge on any atom is -0.338 e. The van der Waals surface area contributed by atoms with Crippen molar-refractivity contribution in [3.05, 3.63) is 35.4 Å². The molecule has 0 aliphatic heterocycles. The number of rotatable bonds is 2. The summed E-state index contributed by atoms with van der Waals surface area (Å²) >= 11 is 0. The van der Waals surface area contributed by atoms with Crippen molar-refractivity contribution in [3.63, 3.8) is 0 Å². The molecule has 0 bridgehead atoms. The smallest absolute Gasteiger partial charge is 0.224 e. The summed E-state index contributed by atoms with van der Waals surface area (Å²) in [6, 6.07) is 10.4. The molecule has 94 valence electrons. The predicted molar refractivity (Wildman–Crippen MR) is 69.8 cm³/mol. The molecule has 0 fully saturated rings. The van der Waals surface area contributed by atoms with E-state index in [0.29, 0.717) is 0 Å². The monoisotopic (exact) mass is 242 g/mol. The zero-order valence-electron chi connectivity index (χ0n) is 10.9. The maximum Gasteiger partial charge on any atom is 0.224 e. The van der Waals surface area contributed by atoms with Gasteiger partial charge < -0.3 is 5.32 Å². The molecule has 1 N–H and O–H groups in total. The Morgan fingerprint density at radius 2 is 2.06 bits per heavy atom. The van der Waals surface area contributed by atoms with Crippen LogP contribution in [0.3, 0.4) is 0 Å². The first-order valence-corrected chi connectivity index (χ1v) is 6.32. The van der Waals surface area contributed by atoms with Gasteiger partial charge in [0, 0.05) is 5.92 Å². The molecule has 3 nitrogen and oxygen atoms in total. The highest BCUT2D eigenvalue weighted by Crippen LogP contribution is 2.25. The van der Waals surface area contributed by atoms with Gasteiger partial charge in [0.25, 0.3) is 0 Å². The van der Waals surface area contributed by atoms with Crippen molar-refractivity contribution in [3.8, 4) is 6.07 Å². The number of carbonyl (C=O) groups is 1. The van der Waals surface area contributed by atoms with Gasteiger partial charge in [-0.3, -0.25) is 4.79 Å². The van der Waals surface area contributed by atoms with Gasteiger partial charge >= 0.3 is 0 Å². The molecule has 0 radical (unpaired) electrons. The van der Waals surface area contributed by atoms with Gasteiger partial charge in [0.1, 0.15) is 5.54 Å². The molecule has 0 heterocycles. The second-order valence-corrected chi connectivity index (χ2v) is 5.43. The molecule has 0 saturated heterocycles. The summed E-state index contributed by atoms with van der Waals surface area (Å²) in [7, 11) is 0. The molecule has 3 heteroatoms. The minimum absolute atomic E-state index is 0.00365. The van der Waals surface area contributed by atoms with Gasteiger partial charge in [-0.2, -0.15) is 5.26 Å². The number of carbonyl (C=O) groups excluding carboxylic acids is 1. The van der Waals surface area contributed by atoms with Crippen LogP contribution < -0.4 is 5.32 Å². The van der Waals surface area contributed by atoms with Gasteiger partial charge in [-0.15, -0.1) is 0 Å². The topological polar surface area (TPSA) is 52.9 Å². The van der Waals surface area contributed by atoms with E-state index in [-0.39, 0.29) is 11.8 Å². The number of nitrogens with one attached hydrogen (secondary N) is 1. The molecule has 1 unspecified atom stereocenters. The number of nitrogens with zero attached hydrogens (tertiary/aromatic N) is 1. The van der Waals surface area contributed by atoms with Gasteiger partial charge in [-0.1, -0.05) is 24.3 Å². The third-order valence-corrected chi connectivity index (χ3v) is 3.43. The lowest BCUT2D eigenvalue weighted by Crippen LogP contribution is -2.46. The summed E-state index contributed by atoms with van der Waals surface area (Å²) < 4.78 is 0. The standard InChI is InChI=1S/C15H18N2O/c1-15(2,10-16)17-14(18)13-8-7-11-5-3-4-6-12(11)9-13/h3-6,13H,7-9H2,1-2H3,(H,17,18). The Balaban J connectivity index is 2.06. The second kappa shape index (κ2) is 4.81. The third-order valence-electron chi connectivity index (χ3n) is 3.43. The SMILES string of the molecule is CC(C)(C#N)NC(=O)C1CCc2ccccc2C1. The van der Waals surface area contributed by atoms with Crippen molar-refractivity contribution in [2.24, 2.45) is 5.92 Å². The van der Waals surface area contributed by atoms with Crippen LogP contribution in [0.5, 0.6) is 0 Å². The largest absolute Gasteiger partial charge is 0.338 e. The van der Waals surface area contributed by atoms with Crippen molar-refractivity contribution in [2.45, 2.75) is 38.6 Å². The quantitative estimate of drug-likeness (QED) is 0.864. The van der Waals surface area contributed by atoms with Crippen molar-refractivity contribution in [1.29, 1.82) is 5.26 Å². The Labute approximate surface area is 108 Å². The average Bonchev–Trinajstić information content (AvgIpc) is 2.37. The van der Waals surface area contributed by atoms with E-state index >= 15 is 0 Å². The summed E-state index contributed by atoms with van der Waals surface area (Å²) in [4.78, 5) is 12.1. The summed E-state index contributed by atoms with van der Waals surface area (Å²) in [5, 5.41) is 11.7. The number of amides is 1. The van der Waals surface area contributed by atoms with Gasteiger partial charge in [0.15, 0.2) is 0 Å². The van der Waals surface area contributed by atoms with E-state index in [4.69, 9.17) is 5.26 Å². The lowest BCUT2D eigenvalue weighted by Gasteiger charge is -2.26. The predicted octanol–water partition coefficient (Wildman–Crippen LogP) is 2.21. The highest BCUT2D eigenvalue weighted by Gasteiger charge is 2.28. The molecule has 1 aromatic rings. The number of fused-ring (bicyclic) bond motifs is 1. The van der Waals surface area contributed by atoms with Crippen molar-refractivity contribution < 1.29 is 4.79 Å². The number of hydrogen-bond acceptors (Lipinski definition) is 2. The molecule has 1 aliphatic rings. The number of benzene rings is 1. The molecule has 1 atom stereocenters. The molecule has 1 aromatic carbocycles.